The summed E-state index contributed by atoms with van der Waals surface area (Å²) in [5, 5.41) is 10.5. The molecule has 1 aromatic heterocycles. The summed E-state index contributed by atoms with van der Waals surface area (Å²) in [7, 11) is 0. The van der Waals surface area contributed by atoms with Crippen LogP contribution in [-0.2, 0) is 5.41 Å². The van der Waals surface area contributed by atoms with Gasteiger partial charge >= 0.3 is 0 Å². The normalized spacial score (nSPS) is 12.3. The van der Waals surface area contributed by atoms with Gasteiger partial charge in [0.2, 0.25) is 0 Å². The average Bonchev–Trinajstić information content (AvgIpc) is 3.42. The quantitative estimate of drug-likeness (QED) is 0.188. The Bertz CT molecular complexity index is 2420. The lowest BCUT2D eigenvalue weighted by molar-refractivity contribution is 0.642. The Morgan fingerprint density at radius 1 is 0.432 bits per heavy atom. The van der Waals surface area contributed by atoms with Crippen LogP contribution in [0, 0.1) is 0 Å². The van der Waals surface area contributed by atoms with Gasteiger partial charge in [0.25, 0.3) is 0 Å². The molecular weight excluding hydrogens is 530 g/mol. The van der Waals surface area contributed by atoms with Crippen LogP contribution in [0.1, 0.15) is 25.0 Å². The van der Waals surface area contributed by atoms with E-state index in [2.05, 4.69) is 170 Å². The molecule has 8 aromatic carbocycles. The van der Waals surface area contributed by atoms with Crippen LogP contribution < -0.4 is 0 Å². The number of benzene rings is 8. The first kappa shape index (κ1) is 25.1. The summed E-state index contributed by atoms with van der Waals surface area (Å²) in [6, 6.07) is 56.0. The molecular formula is C43H31N. The molecule has 1 heterocycles. The van der Waals surface area contributed by atoms with E-state index >= 15 is 0 Å². The minimum Gasteiger partial charge on any atom is -0.309 e. The van der Waals surface area contributed by atoms with Crippen molar-refractivity contribution >= 4 is 54.1 Å². The smallest absolute Gasteiger partial charge is 0.0541 e. The first-order chi connectivity index (χ1) is 21.6. The Balaban J connectivity index is 1.19. The Kier molecular flexibility index (Phi) is 5.31. The lowest BCUT2D eigenvalue weighted by Gasteiger charge is -2.27. The third-order valence-electron chi connectivity index (χ3n) is 9.83. The number of hydrogen-bond acceptors (Lipinski definition) is 0. The van der Waals surface area contributed by atoms with E-state index in [0.29, 0.717) is 0 Å². The van der Waals surface area contributed by atoms with E-state index < -0.39 is 0 Å². The highest BCUT2D eigenvalue weighted by Crippen LogP contribution is 2.42. The standard InChI is InChI=1S/C43H31N/c1-43(2,32-10-4-3-5-11-32)33-26-30-17-16-29-20-24-35(38-25-21-31(27-33)41(30)42(29)38)28-18-22-34(23-19-28)44-39-14-8-6-12-36(39)37-13-7-9-15-40(37)44/h3-27H,1-2H3. The first-order valence-corrected chi connectivity index (χ1v) is 15.4. The molecule has 9 aromatic rings. The van der Waals surface area contributed by atoms with Gasteiger partial charge < -0.3 is 4.57 Å². The number of rotatable bonds is 4. The van der Waals surface area contributed by atoms with Crippen LogP contribution in [-0.4, -0.2) is 4.57 Å². The minimum absolute atomic E-state index is 0.0883. The van der Waals surface area contributed by atoms with Crippen molar-refractivity contribution in [3.8, 4) is 16.8 Å². The second-order valence-corrected chi connectivity index (χ2v) is 12.6. The van der Waals surface area contributed by atoms with Gasteiger partial charge in [0, 0.05) is 21.9 Å². The fourth-order valence-electron chi connectivity index (χ4n) is 7.44. The molecule has 0 unspecified atom stereocenters. The van der Waals surface area contributed by atoms with Crippen LogP contribution >= 0.6 is 0 Å². The fourth-order valence-corrected chi connectivity index (χ4v) is 7.44. The maximum Gasteiger partial charge on any atom is 0.0541 e. The van der Waals surface area contributed by atoms with Crippen molar-refractivity contribution in [2.24, 2.45) is 0 Å². The van der Waals surface area contributed by atoms with Crippen molar-refractivity contribution in [3.63, 3.8) is 0 Å². The van der Waals surface area contributed by atoms with Gasteiger partial charge in [-0.3, -0.25) is 0 Å². The molecule has 0 aliphatic carbocycles. The summed E-state index contributed by atoms with van der Waals surface area (Å²) in [5.74, 6) is 0. The van der Waals surface area contributed by atoms with E-state index in [1.807, 2.05) is 0 Å². The van der Waals surface area contributed by atoms with Gasteiger partial charge in [-0.05, 0) is 78.8 Å². The number of fused-ring (bicyclic) bond motifs is 3. The van der Waals surface area contributed by atoms with Crippen molar-refractivity contribution in [3.05, 3.63) is 163 Å². The van der Waals surface area contributed by atoms with E-state index in [-0.39, 0.29) is 5.41 Å². The van der Waals surface area contributed by atoms with Crippen molar-refractivity contribution in [2.45, 2.75) is 19.3 Å². The Morgan fingerprint density at radius 3 is 1.68 bits per heavy atom. The molecule has 0 bridgehead atoms. The summed E-state index contributed by atoms with van der Waals surface area (Å²) in [6.45, 7) is 4.66. The third kappa shape index (κ3) is 3.59. The van der Waals surface area contributed by atoms with Crippen molar-refractivity contribution in [1.29, 1.82) is 0 Å². The fraction of sp³-hybridized carbons (Fsp3) is 0.0698. The van der Waals surface area contributed by atoms with Crippen molar-refractivity contribution in [2.75, 3.05) is 0 Å². The van der Waals surface area contributed by atoms with E-state index in [0.717, 1.165) is 0 Å². The summed E-state index contributed by atoms with van der Waals surface area (Å²) >= 11 is 0. The van der Waals surface area contributed by atoms with Crippen LogP contribution in [0.5, 0.6) is 0 Å². The van der Waals surface area contributed by atoms with Gasteiger partial charge in [-0.1, -0.05) is 141 Å². The Morgan fingerprint density at radius 2 is 1.00 bits per heavy atom. The van der Waals surface area contributed by atoms with Gasteiger partial charge in [0.15, 0.2) is 0 Å². The van der Waals surface area contributed by atoms with Gasteiger partial charge in [-0.25, -0.2) is 0 Å². The first-order valence-electron chi connectivity index (χ1n) is 15.4. The summed E-state index contributed by atoms with van der Waals surface area (Å²) in [5.41, 5.74) is 8.74. The number of aromatic nitrogens is 1. The number of para-hydroxylation sites is 2. The molecule has 0 fully saturated rings. The topological polar surface area (TPSA) is 4.93 Å². The largest absolute Gasteiger partial charge is 0.309 e. The number of hydrogen-bond donors (Lipinski definition) is 0. The predicted octanol–water partition coefficient (Wildman–Crippen LogP) is 11.7. The van der Waals surface area contributed by atoms with Gasteiger partial charge in [0.1, 0.15) is 0 Å². The average molecular weight is 562 g/mol. The highest BCUT2D eigenvalue weighted by atomic mass is 15.0. The van der Waals surface area contributed by atoms with Gasteiger partial charge in [0.05, 0.1) is 11.0 Å². The molecule has 0 atom stereocenters. The van der Waals surface area contributed by atoms with E-state index in [1.54, 1.807) is 0 Å². The van der Waals surface area contributed by atoms with Gasteiger partial charge in [-0.2, -0.15) is 0 Å². The third-order valence-corrected chi connectivity index (χ3v) is 9.83. The molecule has 44 heavy (non-hydrogen) atoms. The summed E-state index contributed by atoms with van der Waals surface area (Å²) in [6.07, 6.45) is 0. The molecule has 0 aliphatic heterocycles. The zero-order valence-electron chi connectivity index (χ0n) is 24.9. The molecule has 0 N–H and O–H groups in total. The molecule has 0 aliphatic rings. The van der Waals surface area contributed by atoms with Crippen molar-refractivity contribution < 1.29 is 0 Å². The lowest BCUT2D eigenvalue weighted by Crippen LogP contribution is -2.18. The zero-order valence-corrected chi connectivity index (χ0v) is 24.9. The highest BCUT2D eigenvalue weighted by molar-refractivity contribution is 6.25. The zero-order chi connectivity index (χ0) is 29.4. The maximum atomic E-state index is 2.40. The summed E-state index contributed by atoms with van der Waals surface area (Å²) in [4.78, 5) is 0. The van der Waals surface area contributed by atoms with E-state index in [9.17, 15) is 0 Å². The van der Waals surface area contributed by atoms with Crippen LogP contribution in [0.3, 0.4) is 0 Å². The predicted molar refractivity (Wildman–Crippen MR) is 188 cm³/mol. The Labute approximate surface area is 257 Å². The molecule has 1 nitrogen and oxygen atoms in total. The SMILES string of the molecule is CC(C)(c1ccccc1)c1cc2ccc3ccc(-c4ccc(-n5c6ccccc6c6ccccc65)cc4)c4ccc(c1)c2c34. The van der Waals surface area contributed by atoms with E-state index in [1.165, 1.54) is 82.1 Å². The number of nitrogens with zero attached hydrogens (tertiary/aromatic N) is 1. The maximum absolute atomic E-state index is 2.40. The molecule has 0 radical (unpaired) electrons. The molecule has 1 heteroatoms. The van der Waals surface area contributed by atoms with Crippen LogP contribution in [0.2, 0.25) is 0 Å². The van der Waals surface area contributed by atoms with Crippen LogP contribution in [0.25, 0.3) is 70.9 Å². The summed E-state index contributed by atoms with van der Waals surface area (Å²) < 4.78 is 2.38. The molecule has 9 rings (SSSR count). The molecule has 0 saturated heterocycles. The van der Waals surface area contributed by atoms with Crippen LogP contribution in [0.15, 0.2) is 152 Å². The van der Waals surface area contributed by atoms with Crippen molar-refractivity contribution in [1.82, 2.24) is 4.57 Å². The highest BCUT2D eigenvalue weighted by Gasteiger charge is 2.24. The second-order valence-electron chi connectivity index (χ2n) is 12.6. The molecule has 208 valence electrons. The molecule has 0 amide bonds. The molecule has 0 saturated carbocycles. The lowest BCUT2D eigenvalue weighted by atomic mass is 9.76. The Hall–Kier alpha value is -5.40. The monoisotopic (exact) mass is 561 g/mol. The molecule has 0 spiro atoms. The minimum atomic E-state index is -0.0883. The van der Waals surface area contributed by atoms with Crippen LogP contribution in [0.4, 0.5) is 0 Å². The van der Waals surface area contributed by atoms with Gasteiger partial charge in [-0.15, -0.1) is 0 Å². The van der Waals surface area contributed by atoms with E-state index in [4.69, 9.17) is 0 Å². The second kappa shape index (κ2) is 9.30.